The number of nitro benzene ring substituents is 1. The summed E-state index contributed by atoms with van der Waals surface area (Å²) in [5, 5.41) is 14.2. The zero-order valence-electron chi connectivity index (χ0n) is 10.2. The number of para-hydroxylation sites is 1. The second kappa shape index (κ2) is 4.84. The van der Waals surface area contributed by atoms with E-state index < -0.39 is 0 Å². The van der Waals surface area contributed by atoms with Crippen LogP contribution in [0.15, 0.2) is 24.3 Å². The van der Waals surface area contributed by atoms with E-state index in [-0.39, 0.29) is 10.6 Å². The van der Waals surface area contributed by atoms with E-state index in [1.54, 1.807) is 12.1 Å². The standard InChI is InChI=1S/C13H18N2O2/c1-9-7-11(9)12(14-2)8-10-5-3-4-6-13(10)15(16)17/h3-6,9,11-12,14H,7-8H2,1-2H3. The molecule has 0 saturated heterocycles. The van der Waals surface area contributed by atoms with Crippen LogP contribution in [0, 0.1) is 22.0 Å². The van der Waals surface area contributed by atoms with Crippen molar-refractivity contribution in [1.82, 2.24) is 5.32 Å². The van der Waals surface area contributed by atoms with Crippen molar-refractivity contribution < 1.29 is 4.92 Å². The average Bonchev–Trinajstić information content (AvgIpc) is 3.03. The molecule has 1 aliphatic rings. The number of hydrogen-bond donors (Lipinski definition) is 1. The summed E-state index contributed by atoms with van der Waals surface area (Å²) in [6, 6.07) is 7.38. The van der Waals surface area contributed by atoms with Gasteiger partial charge in [0.25, 0.3) is 5.69 Å². The van der Waals surface area contributed by atoms with Gasteiger partial charge in [-0.05, 0) is 31.7 Å². The Morgan fingerprint density at radius 3 is 2.71 bits per heavy atom. The molecule has 0 amide bonds. The van der Waals surface area contributed by atoms with Crippen molar-refractivity contribution in [2.75, 3.05) is 7.05 Å². The van der Waals surface area contributed by atoms with E-state index >= 15 is 0 Å². The highest BCUT2D eigenvalue weighted by atomic mass is 16.6. The summed E-state index contributed by atoms with van der Waals surface area (Å²) in [5.74, 6) is 1.41. The zero-order chi connectivity index (χ0) is 12.4. The maximum atomic E-state index is 10.9. The normalized spacial score (nSPS) is 24.4. The molecule has 0 aliphatic heterocycles. The van der Waals surface area contributed by atoms with Crippen LogP contribution < -0.4 is 5.32 Å². The lowest BCUT2D eigenvalue weighted by atomic mass is 10.00. The van der Waals surface area contributed by atoms with E-state index in [2.05, 4.69) is 12.2 Å². The molecule has 0 spiro atoms. The first-order valence-electron chi connectivity index (χ1n) is 6.03. The molecule has 1 saturated carbocycles. The van der Waals surface area contributed by atoms with Gasteiger partial charge in [-0.1, -0.05) is 25.1 Å². The van der Waals surface area contributed by atoms with Gasteiger partial charge in [0.2, 0.25) is 0 Å². The summed E-state index contributed by atoms with van der Waals surface area (Å²) < 4.78 is 0. The van der Waals surface area contributed by atoms with Gasteiger partial charge in [0, 0.05) is 17.7 Å². The van der Waals surface area contributed by atoms with Crippen molar-refractivity contribution in [1.29, 1.82) is 0 Å². The highest BCUT2D eigenvalue weighted by Gasteiger charge is 2.39. The lowest BCUT2D eigenvalue weighted by Crippen LogP contribution is -2.30. The number of nitrogens with one attached hydrogen (secondary N) is 1. The van der Waals surface area contributed by atoms with Crippen molar-refractivity contribution >= 4 is 5.69 Å². The van der Waals surface area contributed by atoms with E-state index in [9.17, 15) is 10.1 Å². The molecule has 1 aromatic carbocycles. The molecule has 1 aromatic rings. The second-order valence-corrected chi connectivity index (χ2v) is 4.86. The molecular weight excluding hydrogens is 216 g/mol. The summed E-state index contributed by atoms with van der Waals surface area (Å²) in [7, 11) is 1.94. The molecule has 3 unspecified atom stereocenters. The number of likely N-dealkylation sites (N-methyl/N-ethyl adjacent to an activating group) is 1. The molecule has 1 N–H and O–H groups in total. The van der Waals surface area contributed by atoms with Gasteiger partial charge in [0.05, 0.1) is 4.92 Å². The largest absolute Gasteiger partial charge is 0.316 e. The molecule has 1 fully saturated rings. The van der Waals surface area contributed by atoms with Gasteiger partial charge >= 0.3 is 0 Å². The lowest BCUT2D eigenvalue weighted by molar-refractivity contribution is -0.385. The van der Waals surface area contributed by atoms with Crippen molar-refractivity contribution in [3.05, 3.63) is 39.9 Å². The Hall–Kier alpha value is -1.42. The van der Waals surface area contributed by atoms with E-state index in [1.165, 1.54) is 6.42 Å². The second-order valence-electron chi connectivity index (χ2n) is 4.86. The van der Waals surface area contributed by atoms with Crippen molar-refractivity contribution in [3.63, 3.8) is 0 Å². The number of nitrogens with zero attached hydrogens (tertiary/aromatic N) is 1. The first kappa shape index (κ1) is 12.0. The molecule has 2 rings (SSSR count). The molecule has 92 valence electrons. The Balaban J connectivity index is 2.14. The Morgan fingerprint density at radius 1 is 1.53 bits per heavy atom. The van der Waals surface area contributed by atoms with Gasteiger partial charge in [0.15, 0.2) is 0 Å². The Bertz CT molecular complexity index is 420. The monoisotopic (exact) mass is 234 g/mol. The Morgan fingerprint density at radius 2 is 2.18 bits per heavy atom. The van der Waals surface area contributed by atoms with E-state index in [0.29, 0.717) is 12.0 Å². The molecule has 0 aromatic heterocycles. The predicted molar refractivity (Wildman–Crippen MR) is 66.9 cm³/mol. The molecule has 1 aliphatic carbocycles. The van der Waals surface area contributed by atoms with Crippen LogP contribution >= 0.6 is 0 Å². The summed E-state index contributed by atoms with van der Waals surface area (Å²) in [5.41, 5.74) is 1.07. The SMILES string of the molecule is CNC(Cc1ccccc1[N+](=O)[O-])C1CC1C. The lowest BCUT2D eigenvalue weighted by Gasteiger charge is -2.15. The molecule has 17 heavy (non-hydrogen) atoms. The molecule has 3 atom stereocenters. The first-order chi connectivity index (χ1) is 8.13. The topological polar surface area (TPSA) is 55.2 Å². The van der Waals surface area contributed by atoms with Crippen molar-refractivity contribution in [2.24, 2.45) is 11.8 Å². The van der Waals surface area contributed by atoms with Crippen LogP contribution in [0.4, 0.5) is 5.69 Å². The smallest absolute Gasteiger partial charge is 0.272 e. The molecule has 0 radical (unpaired) electrons. The fourth-order valence-corrected chi connectivity index (χ4v) is 2.48. The summed E-state index contributed by atoms with van der Waals surface area (Å²) >= 11 is 0. The predicted octanol–water partition coefficient (Wildman–Crippen LogP) is 2.38. The van der Waals surface area contributed by atoms with Crippen LogP contribution in [0.2, 0.25) is 0 Å². The summed E-state index contributed by atoms with van der Waals surface area (Å²) in [6.45, 7) is 2.23. The first-order valence-corrected chi connectivity index (χ1v) is 6.03. The number of rotatable bonds is 5. The Labute approximate surface area is 101 Å². The van der Waals surface area contributed by atoms with E-state index in [1.807, 2.05) is 19.2 Å². The fraction of sp³-hybridized carbons (Fsp3) is 0.538. The van der Waals surface area contributed by atoms with Crippen LogP contribution in [0.3, 0.4) is 0 Å². The minimum Gasteiger partial charge on any atom is -0.316 e. The fourth-order valence-electron chi connectivity index (χ4n) is 2.48. The zero-order valence-corrected chi connectivity index (χ0v) is 10.2. The van der Waals surface area contributed by atoms with Crippen LogP contribution in [0.1, 0.15) is 18.9 Å². The highest BCUT2D eigenvalue weighted by molar-refractivity contribution is 5.40. The number of benzene rings is 1. The third-order valence-electron chi connectivity index (χ3n) is 3.69. The summed E-state index contributed by atoms with van der Waals surface area (Å²) in [4.78, 5) is 10.6. The van der Waals surface area contributed by atoms with Gasteiger partial charge < -0.3 is 5.32 Å². The van der Waals surface area contributed by atoms with Crippen LogP contribution in [-0.2, 0) is 6.42 Å². The molecule has 4 heteroatoms. The molecule has 0 heterocycles. The quantitative estimate of drug-likeness (QED) is 0.628. The van der Waals surface area contributed by atoms with Crippen molar-refractivity contribution in [2.45, 2.75) is 25.8 Å². The van der Waals surface area contributed by atoms with Crippen molar-refractivity contribution in [3.8, 4) is 0 Å². The van der Waals surface area contributed by atoms with Crippen LogP contribution in [-0.4, -0.2) is 18.0 Å². The maximum absolute atomic E-state index is 10.9. The van der Waals surface area contributed by atoms with Gasteiger partial charge in [0.1, 0.15) is 0 Å². The summed E-state index contributed by atoms with van der Waals surface area (Å²) in [6.07, 6.45) is 1.97. The third-order valence-corrected chi connectivity index (χ3v) is 3.69. The van der Waals surface area contributed by atoms with Gasteiger partial charge in [-0.15, -0.1) is 0 Å². The highest BCUT2D eigenvalue weighted by Crippen LogP contribution is 2.41. The average molecular weight is 234 g/mol. The van der Waals surface area contributed by atoms with E-state index in [0.717, 1.165) is 17.9 Å². The van der Waals surface area contributed by atoms with Gasteiger partial charge in [-0.3, -0.25) is 10.1 Å². The third kappa shape index (κ3) is 2.64. The minimum absolute atomic E-state index is 0.237. The van der Waals surface area contributed by atoms with E-state index in [4.69, 9.17) is 0 Å². The Kier molecular flexibility index (Phi) is 3.43. The van der Waals surface area contributed by atoms with Gasteiger partial charge in [-0.25, -0.2) is 0 Å². The minimum atomic E-state index is -0.293. The van der Waals surface area contributed by atoms with Gasteiger partial charge in [-0.2, -0.15) is 0 Å². The number of hydrogen-bond acceptors (Lipinski definition) is 3. The maximum Gasteiger partial charge on any atom is 0.272 e. The molecular formula is C13H18N2O2. The van der Waals surface area contributed by atoms with Crippen LogP contribution in [0.5, 0.6) is 0 Å². The molecule has 4 nitrogen and oxygen atoms in total. The van der Waals surface area contributed by atoms with Crippen LogP contribution in [0.25, 0.3) is 0 Å². The number of nitro groups is 1. The molecule has 0 bridgehead atoms.